The molecule has 2 N–H and O–H groups in total. The van der Waals surface area contributed by atoms with Crippen molar-refractivity contribution in [2.45, 2.75) is 13.5 Å². The van der Waals surface area contributed by atoms with Crippen LogP contribution in [0.15, 0.2) is 48.8 Å². The molecule has 0 saturated carbocycles. The minimum Gasteiger partial charge on any atom is -0.507 e. The Kier molecular flexibility index (Phi) is 5.54. The van der Waals surface area contributed by atoms with Crippen LogP contribution in [0.2, 0.25) is 0 Å². The van der Waals surface area contributed by atoms with Crippen LogP contribution < -0.4 is 4.74 Å². The van der Waals surface area contributed by atoms with E-state index < -0.39 is 23.1 Å². The Morgan fingerprint density at radius 1 is 1.13 bits per heavy atom. The molecule has 4 rings (SSSR count). The molecule has 10 heteroatoms. The molecule has 0 aliphatic carbocycles. The summed E-state index contributed by atoms with van der Waals surface area (Å²) in [6.07, 6.45) is 3.16. The largest absolute Gasteiger partial charge is 0.507 e. The lowest BCUT2D eigenvalue weighted by atomic mass is 10.1. The van der Waals surface area contributed by atoms with Gasteiger partial charge in [0.1, 0.15) is 28.7 Å². The molecule has 0 atom stereocenters. The Balaban J connectivity index is 1.63. The average Bonchev–Trinajstić information content (AvgIpc) is 3.15. The van der Waals surface area contributed by atoms with Crippen molar-refractivity contribution >= 4 is 17.3 Å². The SMILES string of the molecule is Cc1nc(COc2ncccn2)sc1-c1cccc(-c2cc(O)c(C(=O)O)cc2F)n1. The number of benzene rings is 1. The summed E-state index contributed by atoms with van der Waals surface area (Å²) in [7, 11) is 0. The molecule has 0 unspecified atom stereocenters. The van der Waals surface area contributed by atoms with Gasteiger partial charge in [0, 0.05) is 18.0 Å². The van der Waals surface area contributed by atoms with Crippen molar-refractivity contribution in [3.8, 4) is 33.6 Å². The van der Waals surface area contributed by atoms with Gasteiger partial charge in [-0.15, -0.1) is 11.3 Å². The van der Waals surface area contributed by atoms with E-state index in [-0.39, 0.29) is 23.9 Å². The molecule has 0 aliphatic heterocycles. The molecule has 8 nitrogen and oxygen atoms in total. The predicted octanol–water partition coefficient (Wildman–Crippen LogP) is 4.09. The van der Waals surface area contributed by atoms with Crippen molar-refractivity contribution in [3.05, 3.63) is 70.9 Å². The minimum atomic E-state index is -1.42. The topological polar surface area (TPSA) is 118 Å². The van der Waals surface area contributed by atoms with Gasteiger partial charge >= 0.3 is 12.0 Å². The molecule has 4 aromatic rings. The quantitative estimate of drug-likeness (QED) is 0.462. The number of halogens is 1. The summed E-state index contributed by atoms with van der Waals surface area (Å²) >= 11 is 1.37. The Bertz CT molecular complexity index is 1260. The lowest BCUT2D eigenvalue weighted by Crippen LogP contribution is -1.99. The van der Waals surface area contributed by atoms with E-state index in [9.17, 15) is 14.3 Å². The molecule has 0 radical (unpaired) electrons. The molecule has 0 amide bonds. The van der Waals surface area contributed by atoms with E-state index in [1.54, 1.807) is 36.7 Å². The van der Waals surface area contributed by atoms with Crippen LogP contribution in [0.1, 0.15) is 21.1 Å². The number of aromatic carboxylic acids is 1. The van der Waals surface area contributed by atoms with Crippen LogP contribution in [0.5, 0.6) is 11.8 Å². The number of thiazole rings is 1. The van der Waals surface area contributed by atoms with Gasteiger partial charge in [0.15, 0.2) is 0 Å². The number of nitrogens with zero attached hydrogens (tertiary/aromatic N) is 4. The van der Waals surface area contributed by atoms with Crippen LogP contribution in [-0.2, 0) is 6.61 Å². The third-order valence-corrected chi connectivity index (χ3v) is 5.43. The maximum Gasteiger partial charge on any atom is 0.339 e. The zero-order chi connectivity index (χ0) is 22.0. The normalized spacial score (nSPS) is 10.8. The van der Waals surface area contributed by atoms with Gasteiger partial charge in [0.25, 0.3) is 0 Å². The van der Waals surface area contributed by atoms with Crippen LogP contribution >= 0.6 is 11.3 Å². The van der Waals surface area contributed by atoms with Crippen LogP contribution in [0.4, 0.5) is 4.39 Å². The monoisotopic (exact) mass is 438 g/mol. The van der Waals surface area contributed by atoms with Crippen LogP contribution in [-0.4, -0.2) is 36.1 Å². The first kappa shape index (κ1) is 20.4. The Hall–Kier alpha value is -3.92. The van der Waals surface area contributed by atoms with E-state index in [0.717, 1.165) is 22.7 Å². The Labute approximate surface area is 179 Å². The summed E-state index contributed by atoms with van der Waals surface area (Å²) in [6, 6.07) is 8.82. The van der Waals surface area contributed by atoms with Gasteiger partial charge in [-0.05, 0) is 37.3 Å². The molecule has 0 spiro atoms. The molecule has 1 aromatic carbocycles. The van der Waals surface area contributed by atoms with Crippen molar-refractivity contribution in [1.82, 2.24) is 19.9 Å². The van der Waals surface area contributed by atoms with Crippen molar-refractivity contribution in [1.29, 1.82) is 0 Å². The fourth-order valence-electron chi connectivity index (χ4n) is 2.88. The summed E-state index contributed by atoms with van der Waals surface area (Å²) in [5.74, 6) is -2.74. The van der Waals surface area contributed by atoms with Crippen molar-refractivity contribution in [3.63, 3.8) is 0 Å². The number of aryl methyl sites for hydroxylation is 1. The van der Waals surface area contributed by atoms with Crippen molar-refractivity contribution < 1.29 is 24.1 Å². The van der Waals surface area contributed by atoms with E-state index in [0.29, 0.717) is 10.7 Å². The number of hydrogen-bond donors (Lipinski definition) is 2. The number of aromatic nitrogens is 4. The summed E-state index contributed by atoms with van der Waals surface area (Å²) in [6.45, 7) is 2.02. The summed E-state index contributed by atoms with van der Waals surface area (Å²) < 4.78 is 20.0. The van der Waals surface area contributed by atoms with Crippen LogP contribution in [0, 0.1) is 12.7 Å². The molecular weight excluding hydrogens is 423 g/mol. The van der Waals surface area contributed by atoms with Crippen LogP contribution in [0.3, 0.4) is 0 Å². The average molecular weight is 438 g/mol. The van der Waals surface area contributed by atoms with Gasteiger partial charge in [-0.1, -0.05) is 6.07 Å². The van der Waals surface area contributed by atoms with E-state index in [1.165, 1.54) is 11.3 Å². The standard InChI is InChI=1S/C21H15FN4O4S/c1-11-19(31-18(25-11)10-30-21-23-6-3-7-24-21)16-5-2-4-15(26-16)12-9-17(27)13(20(28)29)8-14(12)22/h2-9,27H,10H2,1H3,(H,28,29). The number of rotatable bonds is 6. The van der Waals surface area contributed by atoms with E-state index in [2.05, 4.69) is 19.9 Å². The Morgan fingerprint density at radius 2 is 1.87 bits per heavy atom. The van der Waals surface area contributed by atoms with Gasteiger partial charge in [0.05, 0.1) is 22.0 Å². The van der Waals surface area contributed by atoms with Gasteiger partial charge in [-0.3, -0.25) is 0 Å². The molecule has 156 valence electrons. The molecule has 3 heterocycles. The van der Waals surface area contributed by atoms with Gasteiger partial charge in [-0.2, -0.15) is 0 Å². The number of hydrogen-bond acceptors (Lipinski definition) is 8. The third kappa shape index (κ3) is 4.33. The lowest BCUT2D eigenvalue weighted by molar-refractivity contribution is 0.0693. The second kappa shape index (κ2) is 8.44. The lowest BCUT2D eigenvalue weighted by Gasteiger charge is -2.08. The number of carboxylic acids is 1. The molecule has 0 aliphatic rings. The maximum absolute atomic E-state index is 14.5. The highest BCUT2D eigenvalue weighted by Crippen LogP contribution is 2.33. The van der Waals surface area contributed by atoms with E-state index >= 15 is 0 Å². The predicted molar refractivity (Wildman–Crippen MR) is 110 cm³/mol. The fraction of sp³-hybridized carbons (Fsp3) is 0.0952. The van der Waals surface area contributed by atoms with Crippen LogP contribution in [0.25, 0.3) is 21.8 Å². The molecule has 0 saturated heterocycles. The van der Waals surface area contributed by atoms with Crippen molar-refractivity contribution in [2.75, 3.05) is 0 Å². The molecule has 0 fully saturated rings. The molecular formula is C21H15FN4O4S. The van der Waals surface area contributed by atoms with Gasteiger partial charge < -0.3 is 14.9 Å². The third-order valence-electron chi connectivity index (χ3n) is 4.28. The minimum absolute atomic E-state index is 0.00342. The molecule has 0 bridgehead atoms. The number of carbonyl (C=O) groups is 1. The zero-order valence-electron chi connectivity index (χ0n) is 16.1. The fourth-order valence-corrected chi connectivity index (χ4v) is 3.83. The second-order valence-electron chi connectivity index (χ2n) is 6.40. The van der Waals surface area contributed by atoms with Gasteiger partial charge in [-0.25, -0.2) is 29.1 Å². The zero-order valence-corrected chi connectivity index (χ0v) is 16.9. The van der Waals surface area contributed by atoms with E-state index in [4.69, 9.17) is 9.84 Å². The first-order valence-electron chi connectivity index (χ1n) is 9.02. The smallest absolute Gasteiger partial charge is 0.339 e. The number of ether oxygens (including phenoxy) is 1. The highest BCUT2D eigenvalue weighted by atomic mass is 32.1. The Morgan fingerprint density at radius 3 is 2.61 bits per heavy atom. The number of phenols is 1. The van der Waals surface area contributed by atoms with Gasteiger partial charge in [0.2, 0.25) is 0 Å². The summed E-state index contributed by atoms with van der Waals surface area (Å²) in [4.78, 5) is 28.8. The number of carboxylic acid groups (broad SMARTS) is 1. The number of aromatic hydroxyl groups is 1. The number of pyridine rings is 1. The van der Waals surface area contributed by atoms with E-state index in [1.807, 2.05) is 6.92 Å². The summed E-state index contributed by atoms with van der Waals surface area (Å²) in [5, 5.41) is 19.7. The van der Waals surface area contributed by atoms with Crippen molar-refractivity contribution in [2.24, 2.45) is 0 Å². The molecule has 3 aromatic heterocycles. The maximum atomic E-state index is 14.5. The second-order valence-corrected chi connectivity index (χ2v) is 7.49. The molecule has 31 heavy (non-hydrogen) atoms. The highest BCUT2D eigenvalue weighted by Gasteiger charge is 2.18. The first-order valence-corrected chi connectivity index (χ1v) is 9.83. The summed E-state index contributed by atoms with van der Waals surface area (Å²) in [5.41, 5.74) is 1.03. The highest BCUT2D eigenvalue weighted by molar-refractivity contribution is 7.15. The first-order chi connectivity index (χ1) is 14.9.